The van der Waals surface area contributed by atoms with Crippen LogP contribution in [0.25, 0.3) is 0 Å². The Morgan fingerprint density at radius 1 is 1.15 bits per heavy atom. The van der Waals surface area contributed by atoms with Gasteiger partial charge < -0.3 is 15.0 Å². The van der Waals surface area contributed by atoms with Crippen LogP contribution < -0.4 is 10.9 Å². The van der Waals surface area contributed by atoms with E-state index >= 15 is 0 Å². The zero-order valence-electron chi connectivity index (χ0n) is 16.3. The smallest absolute Gasteiger partial charge is 0.328 e. The fourth-order valence-electron chi connectivity index (χ4n) is 4.27. The Balaban J connectivity index is 1.97. The number of hydrogen-bond donors (Lipinski definition) is 2. The van der Waals surface area contributed by atoms with E-state index in [-0.39, 0.29) is 11.1 Å². The van der Waals surface area contributed by atoms with Crippen LogP contribution in [0.1, 0.15) is 80.4 Å². The van der Waals surface area contributed by atoms with Crippen LogP contribution >= 0.6 is 0 Å². The molecule has 2 N–H and O–H groups in total. The van der Waals surface area contributed by atoms with Crippen LogP contribution in [0.4, 0.5) is 0 Å². The topological polar surface area (TPSA) is 88.4 Å². The molecule has 27 heavy (non-hydrogen) atoms. The Morgan fingerprint density at radius 3 is 2.48 bits per heavy atom. The van der Waals surface area contributed by atoms with Crippen molar-refractivity contribution in [2.45, 2.75) is 83.7 Å². The summed E-state index contributed by atoms with van der Waals surface area (Å²) in [6.45, 7) is 3.52. The molecule has 0 bridgehead atoms. The van der Waals surface area contributed by atoms with Crippen molar-refractivity contribution in [2.24, 2.45) is 5.92 Å². The van der Waals surface area contributed by atoms with Crippen molar-refractivity contribution in [3.8, 4) is 0 Å². The monoisotopic (exact) mass is 374 g/mol. The van der Waals surface area contributed by atoms with E-state index < -0.39 is 17.4 Å². The van der Waals surface area contributed by atoms with Gasteiger partial charge in [-0.15, -0.1) is 0 Å². The van der Waals surface area contributed by atoms with Crippen molar-refractivity contribution in [2.75, 3.05) is 0 Å². The average molecular weight is 374 g/mol. The van der Waals surface area contributed by atoms with Gasteiger partial charge in [0.25, 0.3) is 11.5 Å². The first-order valence-corrected chi connectivity index (χ1v) is 10.1. The van der Waals surface area contributed by atoms with Crippen LogP contribution in [0.3, 0.4) is 0 Å². The Hall–Kier alpha value is -2.11. The molecule has 0 unspecified atom stereocenters. The maximum absolute atomic E-state index is 13.2. The molecule has 0 spiro atoms. The number of nitrogens with one attached hydrogen (secondary N) is 1. The molecule has 2 aliphatic carbocycles. The molecule has 148 valence electrons. The third-order valence-electron chi connectivity index (χ3n) is 5.97. The predicted molar refractivity (Wildman–Crippen MR) is 103 cm³/mol. The number of nitrogens with zero attached hydrogens (tertiary/aromatic N) is 1. The zero-order chi connectivity index (χ0) is 19.6. The van der Waals surface area contributed by atoms with Crippen molar-refractivity contribution >= 4 is 11.9 Å². The number of hydrogen-bond acceptors (Lipinski definition) is 3. The molecule has 1 saturated carbocycles. The van der Waals surface area contributed by atoms with Gasteiger partial charge in [0.05, 0.1) is 0 Å². The van der Waals surface area contributed by atoms with Gasteiger partial charge in [-0.3, -0.25) is 9.59 Å². The van der Waals surface area contributed by atoms with Gasteiger partial charge in [-0.1, -0.05) is 19.3 Å². The number of carboxylic acids is 1. The number of aromatic nitrogens is 1. The van der Waals surface area contributed by atoms with Crippen LogP contribution in [-0.2, 0) is 24.2 Å². The molecule has 1 aromatic rings. The number of carbonyl (C=O) groups is 2. The molecule has 3 rings (SSSR count). The van der Waals surface area contributed by atoms with Gasteiger partial charge in [-0.25, -0.2) is 4.79 Å². The van der Waals surface area contributed by atoms with Gasteiger partial charge in [0.15, 0.2) is 0 Å². The van der Waals surface area contributed by atoms with Gasteiger partial charge in [0.2, 0.25) is 0 Å². The molecule has 2 aliphatic rings. The lowest BCUT2D eigenvalue weighted by atomic mass is 9.88. The van der Waals surface area contributed by atoms with Crippen molar-refractivity contribution in [1.82, 2.24) is 9.88 Å². The average Bonchev–Trinajstić information content (AvgIpc) is 2.64. The Labute approximate surface area is 160 Å². The molecule has 6 nitrogen and oxygen atoms in total. The van der Waals surface area contributed by atoms with Gasteiger partial charge in [-0.2, -0.15) is 0 Å². The summed E-state index contributed by atoms with van der Waals surface area (Å²) in [5.41, 5.74) is 0.509. The third-order valence-corrected chi connectivity index (χ3v) is 5.97. The quantitative estimate of drug-likeness (QED) is 0.829. The van der Waals surface area contributed by atoms with Crippen molar-refractivity contribution in [3.05, 3.63) is 33.2 Å². The van der Waals surface area contributed by atoms with Gasteiger partial charge in [0, 0.05) is 12.2 Å². The molecule has 1 amide bonds. The third kappa shape index (κ3) is 4.25. The summed E-state index contributed by atoms with van der Waals surface area (Å²) in [6.07, 6.45) is 9.78. The van der Waals surface area contributed by atoms with Gasteiger partial charge in [0.1, 0.15) is 11.1 Å². The maximum Gasteiger partial charge on any atom is 0.328 e. The van der Waals surface area contributed by atoms with E-state index in [0.29, 0.717) is 12.5 Å². The number of fused-ring (bicyclic) bond motifs is 1. The Kier molecular flexibility index (Phi) is 5.72. The molecular weight excluding hydrogens is 344 g/mol. The molecule has 0 atom stereocenters. The molecule has 1 aromatic heterocycles. The van der Waals surface area contributed by atoms with Crippen LogP contribution in [0.15, 0.2) is 10.9 Å². The highest BCUT2D eigenvalue weighted by Gasteiger charge is 2.31. The summed E-state index contributed by atoms with van der Waals surface area (Å²) in [5.74, 6) is -1.24. The summed E-state index contributed by atoms with van der Waals surface area (Å²) in [6, 6.07) is 1.70. The number of amides is 1. The molecule has 1 heterocycles. The van der Waals surface area contributed by atoms with Crippen molar-refractivity contribution < 1.29 is 14.7 Å². The van der Waals surface area contributed by atoms with E-state index in [1.54, 1.807) is 6.07 Å². The predicted octanol–water partition coefficient (Wildman–Crippen LogP) is 2.90. The molecule has 0 saturated heterocycles. The van der Waals surface area contributed by atoms with Crippen LogP contribution in [-0.4, -0.2) is 27.1 Å². The minimum absolute atomic E-state index is 0.0702. The molecule has 0 radical (unpaired) electrons. The molecule has 0 aliphatic heterocycles. The number of pyridine rings is 1. The summed E-state index contributed by atoms with van der Waals surface area (Å²) in [7, 11) is 0. The lowest BCUT2D eigenvalue weighted by Crippen LogP contribution is -2.51. The van der Waals surface area contributed by atoms with Crippen molar-refractivity contribution in [1.29, 1.82) is 0 Å². The standard InChI is InChI=1S/C21H30N2O4/c1-21(2,20(26)27)22-18(24)16-12-15-10-6-7-11-17(15)23(19(16)25)13-14-8-4-3-5-9-14/h12,14H,3-11,13H2,1-2H3,(H,22,24)(H,26,27). The van der Waals surface area contributed by atoms with Crippen LogP contribution in [0.5, 0.6) is 0 Å². The first-order valence-electron chi connectivity index (χ1n) is 10.1. The fraction of sp³-hybridized carbons (Fsp3) is 0.667. The van der Waals surface area contributed by atoms with E-state index in [1.807, 2.05) is 4.57 Å². The summed E-state index contributed by atoms with van der Waals surface area (Å²) in [5, 5.41) is 11.8. The van der Waals surface area contributed by atoms with Crippen LogP contribution in [0, 0.1) is 5.92 Å². The first kappa shape index (κ1) is 19.6. The first-order chi connectivity index (χ1) is 12.8. The number of rotatable bonds is 5. The van der Waals surface area contributed by atoms with E-state index in [0.717, 1.165) is 49.8 Å². The van der Waals surface area contributed by atoms with E-state index in [4.69, 9.17) is 0 Å². The maximum atomic E-state index is 13.2. The minimum atomic E-state index is -1.42. The highest BCUT2D eigenvalue weighted by Crippen LogP contribution is 2.27. The van der Waals surface area contributed by atoms with E-state index in [2.05, 4.69) is 5.32 Å². The number of carbonyl (C=O) groups excluding carboxylic acids is 1. The normalized spacial score (nSPS) is 18.0. The summed E-state index contributed by atoms with van der Waals surface area (Å²) in [4.78, 5) is 37.2. The zero-order valence-corrected chi connectivity index (χ0v) is 16.3. The van der Waals surface area contributed by atoms with E-state index in [9.17, 15) is 19.5 Å². The molecular formula is C21H30N2O4. The molecule has 6 heteroatoms. The van der Waals surface area contributed by atoms with Crippen molar-refractivity contribution in [3.63, 3.8) is 0 Å². The second-order valence-electron chi connectivity index (χ2n) is 8.54. The van der Waals surface area contributed by atoms with E-state index in [1.165, 1.54) is 33.1 Å². The highest BCUT2D eigenvalue weighted by molar-refractivity contribution is 5.97. The number of aliphatic carboxylic acids is 1. The molecule has 0 aromatic carbocycles. The van der Waals surface area contributed by atoms with Gasteiger partial charge in [-0.05, 0) is 69.9 Å². The Bertz CT molecular complexity index is 788. The highest BCUT2D eigenvalue weighted by atomic mass is 16.4. The minimum Gasteiger partial charge on any atom is -0.480 e. The van der Waals surface area contributed by atoms with Gasteiger partial charge >= 0.3 is 5.97 Å². The lowest BCUT2D eigenvalue weighted by molar-refractivity contribution is -0.143. The second-order valence-corrected chi connectivity index (χ2v) is 8.54. The second kappa shape index (κ2) is 7.87. The number of aryl methyl sites for hydroxylation is 1. The van der Waals surface area contributed by atoms with Crippen LogP contribution in [0.2, 0.25) is 0 Å². The lowest BCUT2D eigenvalue weighted by Gasteiger charge is -2.28. The summed E-state index contributed by atoms with van der Waals surface area (Å²) >= 11 is 0. The Morgan fingerprint density at radius 2 is 1.81 bits per heavy atom. The summed E-state index contributed by atoms with van der Waals surface area (Å²) < 4.78 is 1.83. The SMILES string of the molecule is CC(C)(NC(=O)c1cc2c(n(CC3CCCCC3)c1=O)CCCC2)C(=O)O. The largest absolute Gasteiger partial charge is 0.480 e. The fourth-order valence-corrected chi connectivity index (χ4v) is 4.27. The molecule has 1 fully saturated rings. The number of carboxylic acid groups (broad SMARTS) is 1.